The molecule has 4 aliphatic rings. The molecular formula is C43H33N3. The lowest BCUT2D eigenvalue weighted by atomic mass is 9.59. The van der Waals surface area contributed by atoms with Crippen LogP contribution in [-0.2, 0) is 5.41 Å². The molecule has 2 bridgehead atoms. The minimum absolute atomic E-state index is 0.163. The van der Waals surface area contributed by atoms with E-state index in [0.717, 1.165) is 34.5 Å². The standard InChI is InChI=1S/C43H33N3/c1-44-41(30-13-9-12-29(20-21-30)33-14-10-24-46-28-33)27-42(45-2)32-22-23-37-36-17-6-8-19-39(36)43(40(37)26-32)34-15-4-3-11-31(25-34)35-16-5-7-18-38(35)43/h3-19,21-28,34H,1,20H2,2H3/b41-27-,45-42+. The molecule has 0 saturated heterocycles. The molecule has 1 aromatic heterocycles. The van der Waals surface area contributed by atoms with Gasteiger partial charge in [0.2, 0.25) is 0 Å². The van der Waals surface area contributed by atoms with Gasteiger partial charge in [0, 0.05) is 30.9 Å². The maximum Gasteiger partial charge on any atom is 0.0713 e. The van der Waals surface area contributed by atoms with Gasteiger partial charge in [-0.2, -0.15) is 0 Å². The number of fused-ring (bicyclic) bond motifs is 10. The number of aromatic nitrogens is 1. The van der Waals surface area contributed by atoms with Gasteiger partial charge in [0.1, 0.15) is 0 Å². The maximum atomic E-state index is 4.80. The predicted octanol–water partition coefficient (Wildman–Crippen LogP) is 9.51. The summed E-state index contributed by atoms with van der Waals surface area (Å²) >= 11 is 0. The second-order valence-electron chi connectivity index (χ2n) is 12.0. The molecule has 0 amide bonds. The van der Waals surface area contributed by atoms with E-state index in [-0.39, 0.29) is 11.3 Å². The molecule has 2 unspecified atom stereocenters. The Morgan fingerprint density at radius 2 is 1.67 bits per heavy atom. The predicted molar refractivity (Wildman–Crippen MR) is 192 cm³/mol. The van der Waals surface area contributed by atoms with Crippen molar-refractivity contribution >= 4 is 23.6 Å². The Labute approximate surface area is 270 Å². The van der Waals surface area contributed by atoms with Crippen molar-refractivity contribution in [1.29, 1.82) is 0 Å². The van der Waals surface area contributed by atoms with E-state index in [0.29, 0.717) is 0 Å². The highest BCUT2D eigenvalue weighted by atomic mass is 14.7. The molecule has 2 atom stereocenters. The fraction of sp³-hybridized carbons (Fsp3) is 0.0930. The van der Waals surface area contributed by atoms with Crippen LogP contribution in [0, 0.1) is 5.92 Å². The molecule has 4 aliphatic carbocycles. The van der Waals surface area contributed by atoms with Crippen molar-refractivity contribution in [1.82, 2.24) is 4.98 Å². The lowest BCUT2D eigenvalue weighted by Gasteiger charge is -2.42. The third-order valence-corrected chi connectivity index (χ3v) is 9.74. The van der Waals surface area contributed by atoms with E-state index in [2.05, 4.69) is 150 Å². The van der Waals surface area contributed by atoms with Crippen LogP contribution in [-0.4, -0.2) is 24.5 Å². The highest BCUT2D eigenvalue weighted by molar-refractivity contribution is 6.10. The lowest BCUT2D eigenvalue weighted by Crippen LogP contribution is -2.37. The molecule has 220 valence electrons. The zero-order chi connectivity index (χ0) is 31.1. The summed E-state index contributed by atoms with van der Waals surface area (Å²) in [6.45, 7) is 3.95. The summed E-state index contributed by atoms with van der Waals surface area (Å²) in [6.07, 6.45) is 26.5. The Morgan fingerprint density at radius 1 is 0.870 bits per heavy atom. The summed E-state index contributed by atoms with van der Waals surface area (Å²) in [4.78, 5) is 13.6. The van der Waals surface area contributed by atoms with Gasteiger partial charge in [0.05, 0.1) is 16.8 Å². The molecule has 1 spiro atoms. The van der Waals surface area contributed by atoms with Crippen LogP contribution in [0.1, 0.15) is 39.8 Å². The minimum Gasteiger partial charge on any atom is -0.288 e. The molecule has 3 nitrogen and oxygen atoms in total. The molecule has 0 aliphatic heterocycles. The third kappa shape index (κ3) is 4.31. The topological polar surface area (TPSA) is 37.6 Å². The second kappa shape index (κ2) is 11.4. The van der Waals surface area contributed by atoms with E-state index in [4.69, 9.17) is 4.99 Å². The summed E-state index contributed by atoms with van der Waals surface area (Å²) in [5, 5.41) is 0. The molecule has 0 radical (unpaired) electrons. The van der Waals surface area contributed by atoms with Crippen molar-refractivity contribution in [3.8, 4) is 11.1 Å². The van der Waals surface area contributed by atoms with Crippen LogP contribution in [0.15, 0.2) is 173 Å². The van der Waals surface area contributed by atoms with E-state index < -0.39 is 0 Å². The highest BCUT2D eigenvalue weighted by Crippen LogP contribution is 2.60. The summed E-state index contributed by atoms with van der Waals surface area (Å²) in [7, 11) is 1.86. The Morgan fingerprint density at radius 3 is 2.48 bits per heavy atom. The molecule has 0 N–H and O–H groups in total. The van der Waals surface area contributed by atoms with Crippen LogP contribution in [0.2, 0.25) is 0 Å². The Balaban J connectivity index is 1.24. The smallest absolute Gasteiger partial charge is 0.0713 e. The fourth-order valence-corrected chi connectivity index (χ4v) is 7.68. The molecule has 46 heavy (non-hydrogen) atoms. The molecule has 3 aromatic carbocycles. The zero-order valence-electron chi connectivity index (χ0n) is 25.8. The van der Waals surface area contributed by atoms with Crippen molar-refractivity contribution in [2.75, 3.05) is 7.05 Å². The Hall–Kier alpha value is -5.67. The van der Waals surface area contributed by atoms with Gasteiger partial charge in [-0.05, 0) is 87.0 Å². The largest absolute Gasteiger partial charge is 0.288 e. The SMILES string of the molecule is C=N/C(=C\C(=N/C)c1ccc2c(c1)C1(c3ccccc3C3=CC1C=CC=C3)c1ccccc1-2)C1=CCC(c2cccnc2)=CC=C1. The number of allylic oxidation sites excluding steroid dienone is 12. The second-order valence-corrected chi connectivity index (χ2v) is 12.0. The highest BCUT2D eigenvalue weighted by Gasteiger charge is 2.51. The lowest BCUT2D eigenvalue weighted by molar-refractivity contribution is 0.530. The quantitative estimate of drug-likeness (QED) is 0.213. The minimum atomic E-state index is -0.354. The number of aliphatic imine (C=N–C) groups is 2. The number of nitrogens with zero attached hydrogens (tertiary/aromatic N) is 3. The summed E-state index contributed by atoms with van der Waals surface area (Å²) in [6, 6.07) is 28.8. The van der Waals surface area contributed by atoms with Crippen molar-refractivity contribution < 1.29 is 0 Å². The summed E-state index contributed by atoms with van der Waals surface area (Å²) < 4.78 is 0. The van der Waals surface area contributed by atoms with Crippen molar-refractivity contribution in [2.45, 2.75) is 11.8 Å². The Kier molecular flexibility index (Phi) is 6.88. The fourth-order valence-electron chi connectivity index (χ4n) is 7.68. The molecule has 4 aromatic rings. The molecule has 3 heteroatoms. The number of hydrogen-bond donors (Lipinski definition) is 0. The average molecular weight is 592 g/mol. The van der Waals surface area contributed by atoms with E-state index in [1.165, 1.54) is 44.5 Å². The van der Waals surface area contributed by atoms with E-state index >= 15 is 0 Å². The van der Waals surface area contributed by atoms with Gasteiger partial charge in [-0.3, -0.25) is 15.0 Å². The van der Waals surface area contributed by atoms with Crippen molar-refractivity contribution in [3.63, 3.8) is 0 Å². The van der Waals surface area contributed by atoms with Gasteiger partial charge >= 0.3 is 0 Å². The number of rotatable bonds is 5. The van der Waals surface area contributed by atoms with E-state index in [9.17, 15) is 0 Å². The van der Waals surface area contributed by atoms with Crippen LogP contribution < -0.4 is 0 Å². The first-order valence-electron chi connectivity index (χ1n) is 15.8. The maximum absolute atomic E-state index is 4.80. The zero-order valence-corrected chi connectivity index (χ0v) is 25.8. The first-order chi connectivity index (χ1) is 22.7. The van der Waals surface area contributed by atoms with Crippen LogP contribution in [0.3, 0.4) is 0 Å². The van der Waals surface area contributed by atoms with Crippen LogP contribution in [0.4, 0.5) is 0 Å². The molecule has 0 fully saturated rings. The van der Waals surface area contributed by atoms with Crippen molar-refractivity contribution in [2.24, 2.45) is 15.9 Å². The van der Waals surface area contributed by atoms with Crippen LogP contribution in [0.25, 0.3) is 22.3 Å². The van der Waals surface area contributed by atoms with Crippen LogP contribution >= 0.6 is 0 Å². The first kappa shape index (κ1) is 27.8. The van der Waals surface area contributed by atoms with E-state index in [1.807, 2.05) is 19.3 Å². The summed E-state index contributed by atoms with van der Waals surface area (Å²) in [5.41, 5.74) is 14.9. The van der Waals surface area contributed by atoms with Gasteiger partial charge < -0.3 is 0 Å². The number of pyridine rings is 1. The normalized spacial score (nSPS) is 21.0. The third-order valence-electron chi connectivity index (χ3n) is 9.74. The monoisotopic (exact) mass is 591 g/mol. The molecular weight excluding hydrogens is 558 g/mol. The summed E-state index contributed by atoms with van der Waals surface area (Å²) in [5.74, 6) is 0.163. The van der Waals surface area contributed by atoms with Gasteiger partial charge in [0.25, 0.3) is 0 Å². The van der Waals surface area contributed by atoms with Gasteiger partial charge in [-0.1, -0.05) is 121 Å². The molecule has 1 heterocycles. The number of benzene rings is 3. The van der Waals surface area contributed by atoms with Gasteiger partial charge in [-0.15, -0.1) is 0 Å². The van der Waals surface area contributed by atoms with Gasteiger partial charge in [0.15, 0.2) is 0 Å². The van der Waals surface area contributed by atoms with Crippen LogP contribution in [0.5, 0.6) is 0 Å². The van der Waals surface area contributed by atoms with Crippen molar-refractivity contribution in [3.05, 3.63) is 197 Å². The van der Waals surface area contributed by atoms with Gasteiger partial charge in [-0.25, -0.2) is 0 Å². The molecule has 0 saturated carbocycles. The Bertz CT molecular complexity index is 2150. The van der Waals surface area contributed by atoms with E-state index in [1.54, 1.807) is 6.20 Å². The molecule has 8 rings (SSSR count). The number of hydrogen-bond acceptors (Lipinski definition) is 3. The average Bonchev–Trinajstić information content (AvgIpc) is 3.32. The first-order valence-corrected chi connectivity index (χ1v) is 15.8.